The van der Waals surface area contributed by atoms with Crippen molar-refractivity contribution in [1.29, 1.82) is 0 Å². The summed E-state index contributed by atoms with van der Waals surface area (Å²) in [5.41, 5.74) is 1.89. The molecule has 0 aromatic rings. The molecule has 2 bridgehead atoms. The maximum Gasteiger partial charge on any atom is 0.310 e. The molecule has 5 heteroatoms. The molecule has 4 atom stereocenters. The first kappa shape index (κ1) is 20.8. The Bertz CT molecular complexity index is 744. The normalized spacial score (nSPS) is 31.5. The molecule has 2 saturated heterocycles. The molecule has 2 fully saturated rings. The summed E-state index contributed by atoms with van der Waals surface area (Å²) in [7, 11) is 0. The molecule has 5 nitrogen and oxygen atoms in total. The molecular weight excluding hydrogens is 354 g/mol. The third kappa shape index (κ3) is 3.95. The van der Waals surface area contributed by atoms with E-state index < -0.39 is 29.5 Å². The summed E-state index contributed by atoms with van der Waals surface area (Å²) in [6, 6.07) is 0. The number of carbonyl (C=O) groups is 2. The Morgan fingerprint density at radius 3 is 2.71 bits per heavy atom. The Labute approximate surface area is 168 Å². The minimum Gasteiger partial charge on any atom is -0.481 e. The number of carboxylic acid groups (broad SMARTS) is 1. The number of nitrogens with zero attached hydrogens (tertiary/aromatic N) is 1. The van der Waals surface area contributed by atoms with Crippen LogP contribution < -0.4 is 0 Å². The summed E-state index contributed by atoms with van der Waals surface area (Å²) in [6.45, 7) is 11.8. The fourth-order valence-electron chi connectivity index (χ4n) is 4.72. The van der Waals surface area contributed by atoms with Crippen LogP contribution in [-0.2, 0) is 14.3 Å². The zero-order valence-electron chi connectivity index (χ0n) is 17.7. The second-order valence-corrected chi connectivity index (χ2v) is 9.67. The smallest absolute Gasteiger partial charge is 0.310 e. The second-order valence-electron chi connectivity index (χ2n) is 9.67. The van der Waals surface area contributed by atoms with Gasteiger partial charge < -0.3 is 14.7 Å². The number of fused-ring (bicyclic) bond motifs is 1. The van der Waals surface area contributed by atoms with Crippen molar-refractivity contribution in [1.82, 2.24) is 4.90 Å². The third-order valence-corrected chi connectivity index (χ3v) is 6.18. The molecule has 0 aromatic heterocycles. The summed E-state index contributed by atoms with van der Waals surface area (Å²) in [5, 5.41) is 9.57. The van der Waals surface area contributed by atoms with Crippen LogP contribution in [0.2, 0.25) is 0 Å². The van der Waals surface area contributed by atoms with Crippen molar-refractivity contribution in [2.75, 3.05) is 13.1 Å². The Balaban J connectivity index is 1.62. The van der Waals surface area contributed by atoms with Gasteiger partial charge in [-0.05, 0) is 45.4 Å². The number of carboxylic acids is 1. The molecule has 0 saturated carbocycles. The van der Waals surface area contributed by atoms with E-state index in [0.29, 0.717) is 13.1 Å². The van der Waals surface area contributed by atoms with Gasteiger partial charge in [-0.25, -0.2) is 0 Å². The van der Waals surface area contributed by atoms with Crippen molar-refractivity contribution in [3.8, 4) is 0 Å². The van der Waals surface area contributed by atoms with Crippen LogP contribution in [0.4, 0.5) is 0 Å². The minimum absolute atomic E-state index is 0.0726. The number of hydrogen-bond donors (Lipinski definition) is 1. The number of hydrogen-bond acceptors (Lipinski definition) is 3. The van der Waals surface area contributed by atoms with E-state index in [-0.39, 0.29) is 11.3 Å². The molecule has 0 unspecified atom stereocenters. The van der Waals surface area contributed by atoms with Crippen molar-refractivity contribution in [3.05, 3.63) is 35.5 Å². The lowest BCUT2D eigenvalue weighted by molar-refractivity contribution is -0.148. The molecule has 28 heavy (non-hydrogen) atoms. The molecule has 154 valence electrons. The highest BCUT2D eigenvalue weighted by Gasteiger charge is 2.67. The van der Waals surface area contributed by atoms with Crippen LogP contribution >= 0.6 is 0 Å². The SMILES string of the molecule is CC(C)=CCC/C(C)=C/CC(C)(C)CN1C[C@@]23C=C[C@H](O2)[C@H](C(=O)O)[C@H]3C1=O. The van der Waals surface area contributed by atoms with E-state index in [2.05, 4.69) is 46.8 Å². The first-order chi connectivity index (χ1) is 13.0. The van der Waals surface area contributed by atoms with Crippen LogP contribution in [0.1, 0.15) is 53.9 Å². The van der Waals surface area contributed by atoms with Gasteiger partial charge in [-0.15, -0.1) is 0 Å². The van der Waals surface area contributed by atoms with Crippen molar-refractivity contribution < 1.29 is 19.4 Å². The molecule has 1 spiro atoms. The van der Waals surface area contributed by atoms with E-state index in [4.69, 9.17) is 4.74 Å². The first-order valence-corrected chi connectivity index (χ1v) is 10.2. The van der Waals surface area contributed by atoms with Crippen LogP contribution in [0.5, 0.6) is 0 Å². The highest BCUT2D eigenvalue weighted by molar-refractivity contribution is 5.90. The van der Waals surface area contributed by atoms with Crippen molar-refractivity contribution in [2.24, 2.45) is 17.3 Å². The number of rotatable bonds is 8. The largest absolute Gasteiger partial charge is 0.481 e. The fourth-order valence-corrected chi connectivity index (χ4v) is 4.72. The minimum atomic E-state index is -0.939. The Morgan fingerprint density at radius 1 is 1.36 bits per heavy atom. The summed E-state index contributed by atoms with van der Waals surface area (Å²) >= 11 is 0. The highest BCUT2D eigenvalue weighted by atomic mass is 16.5. The molecule has 0 aromatic carbocycles. The first-order valence-electron chi connectivity index (χ1n) is 10.2. The lowest BCUT2D eigenvalue weighted by atomic mass is 9.77. The topological polar surface area (TPSA) is 66.8 Å². The van der Waals surface area contributed by atoms with Gasteiger partial charge in [0.25, 0.3) is 0 Å². The third-order valence-electron chi connectivity index (χ3n) is 6.18. The van der Waals surface area contributed by atoms with Gasteiger partial charge in [0.15, 0.2) is 0 Å². The Hall–Kier alpha value is -1.88. The van der Waals surface area contributed by atoms with Crippen molar-refractivity contribution >= 4 is 11.9 Å². The number of ether oxygens (including phenoxy) is 1. The summed E-state index contributed by atoms with van der Waals surface area (Å²) in [6.07, 6.45) is 10.8. The molecule has 0 aliphatic carbocycles. The number of carbonyl (C=O) groups excluding carboxylic acids is 1. The number of allylic oxidation sites excluding steroid dienone is 4. The fraction of sp³-hybridized carbons (Fsp3) is 0.652. The van der Waals surface area contributed by atoms with Gasteiger partial charge in [0, 0.05) is 6.54 Å². The number of likely N-dealkylation sites (tertiary alicyclic amines) is 1. The molecule has 3 heterocycles. The summed E-state index contributed by atoms with van der Waals surface area (Å²) in [5.74, 6) is -2.36. The zero-order valence-corrected chi connectivity index (χ0v) is 17.7. The van der Waals surface area contributed by atoms with Crippen LogP contribution in [0.15, 0.2) is 35.5 Å². The summed E-state index contributed by atoms with van der Waals surface area (Å²) in [4.78, 5) is 26.5. The van der Waals surface area contributed by atoms with Gasteiger partial charge in [-0.3, -0.25) is 9.59 Å². The van der Waals surface area contributed by atoms with Gasteiger partial charge in [-0.2, -0.15) is 0 Å². The predicted molar refractivity (Wildman–Crippen MR) is 109 cm³/mol. The second kappa shape index (κ2) is 7.51. The Kier molecular flexibility index (Phi) is 5.59. The van der Waals surface area contributed by atoms with E-state index in [1.165, 1.54) is 11.1 Å². The lowest BCUT2D eigenvalue weighted by Crippen LogP contribution is -2.40. The predicted octanol–water partition coefficient (Wildman–Crippen LogP) is 3.96. The number of aliphatic carboxylic acids is 1. The molecular formula is C23H33NO4. The maximum absolute atomic E-state index is 13.0. The maximum atomic E-state index is 13.0. The van der Waals surface area contributed by atoms with Crippen molar-refractivity contribution in [2.45, 2.75) is 65.6 Å². The molecule has 3 rings (SSSR count). The van der Waals surface area contributed by atoms with E-state index in [1.54, 1.807) is 0 Å². The molecule has 3 aliphatic rings. The Morgan fingerprint density at radius 2 is 2.07 bits per heavy atom. The van der Waals surface area contributed by atoms with E-state index in [0.717, 1.165) is 19.3 Å². The standard InChI is InChI=1S/C23H33NO4/c1-15(2)7-6-8-16(3)9-11-22(4,5)13-24-14-23-12-10-17(28-23)18(21(26)27)19(23)20(24)25/h7,9-10,12,17-19H,6,8,11,13-14H2,1-5H3,(H,26,27)/b16-9+/t17-,18-,19-,23+/m0/s1. The molecule has 1 N–H and O–H groups in total. The van der Waals surface area contributed by atoms with Gasteiger partial charge in [0.05, 0.1) is 18.6 Å². The zero-order chi connectivity index (χ0) is 20.7. The van der Waals surface area contributed by atoms with Crippen LogP contribution in [0.25, 0.3) is 0 Å². The van der Waals surface area contributed by atoms with E-state index in [1.807, 2.05) is 17.1 Å². The van der Waals surface area contributed by atoms with Gasteiger partial charge in [-0.1, -0.05) is 49.3 Å². The quantitative estimate of drug-likeness (QED) is 0.640. The number of amides is 1. The van der Waals surface area contributed by atoms with Crippen LogP contribution in [0.3, 0.4) is 0 Å². The molecule has 1 amide bonds. The highest BCUT2D eigenvalue weighted by Crippen LogP contribution is 2.52. The average Bonchev–Trinajstić information content (AvgIpc) is 3.21. The van der Waals surface area contributed by atoms with E-state index in [9.17, 15) is 14.7 Å². The van der Waals surface area contributed by atoms with Gasteiger partial charge in [0.1, 0.15) is 11.5 Å². The molecule has 3 aliphatic heterocycles. The van der Waals surface area contributed by atoms with Crippen molar-refractivity contribution in [3.63, 3.8) is 0 Å². The van der Waals surface area contributed by atoms with Crippen LogP contribution in [0, 0.1) is 17.3 Å². The van der Waals surface area contributed by atoms with Gasteiger partial charge in [0.2, 0.25) is 5.91 Å². The van der Waals surface area contributed by atoms with E-state index >= 15 is 0 Å². The van der Waals surface area contributed by atoms with Crippen LogP contribution in [-0.4, -0.2) is 46.7 Å². The monoisotopic (exact) mass is 387 g/mol. The summed E-state index contributed by atoms with van der Waals surface area (Å²) < 4.78 is 5.96. The van der Waals surface area contributed by atoms with Gasteiger partial charge >= 0.3 is 5.97 Å². The average molecular weight is 388 g/mol. The molecule has 0 radical (unpaired) electrons. The lowest BCUT2D eigenvalue weighted by Gasteiger charge is -2.31.